The summed E-state index contributed by atoms with van der Waals surface area (Å²) in [5, 5.41) is 0. The molecular weight excluding hydrogens is 198 g/mol. The largest absolute Gasteiger partial charge is 0.370 e. The Morgan fingerprint density at radius 2 is 1.69 bits per heavy atom. The molecule has 0 aromatic rings. The molecular formula is C14H27NO. The number of ether oxygens (including phenoxy) is 1. The Balaban J connectivity index is 1.88. The maximum Gasteiger partial charge on any atom is 0.0808 e. The van der Waals surface area contributed by atoms with Crippen LogP contribution in [0, 0.1) is 5.92 Å². The fourth-order valence-corrected chi connectivity index (χ4v) is 3.19. The van der Waals surface area contributed by atoms with Crippen molar-refractivity contribution in [3.8, 4) is 0 Å². The summed E-state index contributed by atoms with van der Waals surface area (Å²) in [6, 6.07) is 0. The van der Waals surface area contributed by atoms with Gasteiger partial charge in [0.15, 0.2) is 0 Å². The number of nitrogens with two attached hydrogens (primary N) is 1. The highest BCUT2D eigenvalue weighted by atomic mass is 16.5. The number of hydrogen-bond acceptors (Lipinski definition) is 2. The third-order valence-corrected chi connectivity index (χ3v) is 4.53. The highest BCUT2D eigenvalue weighted by Crippen LogP contribution is 2.37. The average Bonchev–Trinajstić information content (AvgIpc) is 2.34. The van der Waals surface area contributed by atoms with Crippen LogP contribution in [-0.2, 0) is 4.74 Å². The van der Waals surface area contributed by atoms with Gasteiger partial charge in [-0.15, -0.1) is 0 Å². The highest BCUT2D eigenvalue weighted by molar-refractivity contribution is 4.89. The molecule has 0 aromatic heterocycles. The van der Waals surface area contributed by atoms with Crippen molar-refractivity contribution in [1.29, 1.82) is 0 Å². The van der Waals surface area contributed by atoms with E-state index in [1.54, 1.807) is 0 Å². The van der Waals surface area contributed by atoms with Crippen LogP contribution in [0.3, 0.4) is 0 Å². The van der Waals surface area contributed by atoms with Gasteiger partial charge < -0.3 is 10.5 Å². The third kappa shape index (κ3) is 2.98. The maximum absolute atomic E-state index is 6.39. The van der Waals surface area contributed by atoms with E-state index in [4.69, 9.17) is 10.5 Å². The van der Waals surface area contributed by atoms with Crippen molar-refractivity contribution in [3.05, 3.63) is 0 Å². The van der Waals surface area contributed by atoms with Gasteiger partial charge in [-0.25, -0.2) is 0 Å². The zero-order chi connectivity index (χ0) is 11.4. The molecule has 0 spiro atoms. The molecule has 2 saturated carbocycles. The van der Waals surface area contributed by atoms with Crippen LogP contribution in [0.25, 0.3) is 0 Å². The van der Waals surface area contributed by atoms with E-state index in [0.29, 0.717) is 6.10 Å². The molecule has 2 N–H and O–H groups in total. The average molecular weight is 225 g/mol. The SMILES string of the molecule is CC1CCC(CN)(OC2CCCCC2)CC1. The highest BCUT2D eigenvalue weighted by Gasteiger charge is 2.36. The van der Waals surface area contributed by atoms with E-state index in [-0.39, 0.29) is 5.60 Å². The van der Waals surface area contributed by atoms with E-state index in [1.807, 2.05) is 0 Å². The predicted octanol–water partition coefficient (Wildman–Crippen LogP) is 3.24. The second-order valence-corrected chi connectivity index (χ2v) is 5.95. The second kappa shape index (κ2) is 5.50. The predicted molar refractivity (Wildman–Crippen MR) is 67.4 cm³/mol. The molecule has 94 valence electrons. The summed E-state index contributed by atoms with van der Waals surface area (Å²) in [5.74, 6) is 0.870. The summed E-state index contributed by atoms with van der Waals surface area (Å²) >= 11 is 0. The fraction of sp³-hybridized carbons (Fsp3) is 1.00. The number of hydrogen-bond donors (Lipinski definition) is 1. The standard InChI is InChI=1S/C14H27NO/c1-12-7-9-14(11-15,10-8-12)16-13-5-3-2-4-6-13/h12-13H,2-11,15H2,1H3. The minimum absolute atomic E-state index is 0.0362. The Morgan fingerprint density at radius 1 is 1.06 bits per heavy atom. The van der Waals surface area contributed by atoms with Gasteiger partial charge in [-0.2, -0.15) is 0 Å². The van der Waals surface area contributed by atoms with Gasteiger partial charge in [0.1, 0.15) is 0 Å². The smallest absolute Gasteiger partial charge is 0.0808 e. The first-order valence-electron chi connectivity index (χ1n) is 7.12. The van der Waals surface area contributed by atoms with Crippen LogP contribution >= 0.6 is 0 Å². The van der Waals surface area contributed by atoms with Crippen molar-refractivity contribution in [2.75, 3.05) is 6.54 Å². The molecule has 16 heavy (non-hydrogen) atoms. The topological polar surface area (TPSA) is 35.2 Å². The van der Waals surface area contributed by atoms with Gasteiger partial charge in [-0.05, 0) is 44.4 Å². The van der Waals surface area contributed by atoms with Gasteiger partial charge >= 0.3 is 0 Å². The molecule has 0 aliphatic heterocycles. The summed E-state index contributed by atoms with van der Waals surface area (Å²) < 4.78 is 6.39. The molecule has 0 amide bonds. The lowest BCUT2D eigenvalue weighted by Gasteiger charge is -2.42. The van der Waals surface area contributed by atoms with Gasteiger partial charge in [0.05, 0.1) is 11.7 Å². The molecule has 0 unspecified atom stereocenters. The van der Waals surface area contributed by atoms with Crippen molar-refractivity contribution in [2.24, 2.45) is 11.7 Å². The van der Waals surface area contributed by atoms with Crippen LogP contribution in [-0.4, -0.2) is 18.2 Å². The molecule has 0 heterocycles. The van der Waals surface area contributed by atoms with Crippen LogP contribution in [0.4, 0.5) is 0 Å². The molecule has 2 aliphatic rings. The second-order valence-electron chi connectivity index (χ2n) is 5.95. The maximum atomic E-state index is 6.39. The Kier molecular flexibility index (Phi) is 4.26. The Hall–Kier alpha value is -0.0800. The van der Waals surface area contributed by atoms with Crippen molar-refractivity contribution < 1.29 is 4.74 Å². The lowest BCUT2D eigenvalue weighted by molar-refractivity contribution is -0.122. The molecule has 2 heteroatoms. The molecule has 2 aliphatic carbocycles. The molecule has 2 fully saturated rings. The van der Waals surface area contributed by atoms with Gasteiger partial charge in [0.25, 0.3) is 0 Å². The number of rotatable bonds is 3. The van der Waals surface area contributed by atoms with Gasteiger partial charge in [-0.3, -0.25) is 0 Å². The molecule has 0 radical (unpaired) electrons. The van der Waals surface area contributed by atoms with Crippen LogP contribution < -0.4 is 5.73 Å². The normalized spacial score (nSPS) is 37.5. The summed E-state index contributed by atoms with van der Waals surface area (Å²) in [6.07, 6.45) is 12.1. The van der Waals surface area contributed by atoms with E-state index in [9.17, 15) is 0 Å². The Bertz CT molecular complexity index is 203. The Labute approximate surface area is 99.9 Å². The quantitative estimate of drug-likeness (QED) is 0.800. The molecule has 0 atom stereocenters. The summed E-state index contributed by atoms with van der Waals surface area (Å²) in [5.41, 5.74) is 6.01. The van der Waals surface area contributed by atoms with Crippen molar-refractivity contribution in [3.63, 3.8) is 0 Å². The molecule has 2 nitrogen and oxygen atoms in total. The van der Waals surface area contributed by atoms with Gasteiger partial charge in [-0.1, -0.05) is 26.2 Å². The van der Waals surface area contributed by atoms with E-state index in [1.165, 1.54) is 57.8 Å². The van der Waals surface area contributed by atoms with Gasteiger partial charge in [0, 0.05) is 6.54 Å². The first-order valence-corrected chi connectivity index (χ1v) is 7.12. The van der Waals surface area contributed by atoms with E-state index in [0.717, 1.165) is 12.5 Å². The summed E-state index contributed by atoms with van der Waals surface area (Å²) in [7, 11) is 0. The van der Waals surface area contributed by atoms with Crippen molar-refractivity contribution in [1.82, 2.24) is 0 Å². The van der Waals surface area contributed by atoms with E-state index >= 15 is 0 Å². The molecule has 0 bridgehead atoms. The van der Waals surface area contributed by atoms with E-state index < -0.39 is 0 Å². The summed E-state index contributed by atoms with van der Waals surface area (Å²) in [6.45, 7) is 3.07. The monoisotopic (exact) mass is 225 g/mol. The lowest BCUT2D eigenvalue weighted by Crippen LogP contribution is -2.46. The van der Waals surface area contributed by atoms with Crippen LogP contribution in [0.5, 0.6) is 0 Å². The van der Waals surface area contributed by atoms with Gasteiger partial charge in [0.2, 0.25) is 0 Å². The first kappa shape index (κ1) is 12.4. The third-order valence-electron chi connectivity index (χ3n) is 4.53. The van der Waals surface area contributed by atoms with Crippen LogP contribution in [0.1, 0.15) is 64.7 Å². The van der Waals surface area contributed by atoms with Crippen LogP contribution in [0.2, 0.25) is 0 Å². The lowest BCUT2D eigenvalue weighted by atomic mass is 9.79. The minimum atomic E-state index is 0.0362. The molecule has 0 saturated heterocycles. The molecule has 2 rings (SSSR count). The summed E-state index contributed by atoms with van der Waals surface area (Å²) in [4.78, 5) is 0. The fourth-order valence-electron chi connectivity index (χ4n) is 3.19. The van der Waals surface area contributed by atoms with Crippen LogP contribution in [0.15, 0.2) is 0 Å². The Morgan fingerprint density at radius 3 is 2.25 bits per heavy atom. The van der Waals surface area contributed by atoms with E-state index in [2.05, 4.69) is 6.92 Å². The first-order chi connectivity index (χ1) is 7.74. The zero-order valence-corrected chi connectivity index (χ0v) is 10.7. The molecule has 0 aromatic carbocycles. The zero-order valence-electron chi connectivity index (χ0n) is 10.7. The van der Waals surface area contributed by atoms with Crippen molar-refractivity contribution in [2.45, 2.75) is 76.4 Å². The van der Waals surface area contributed by atoms with Crippen molar-refractivity contribution >= 4 is 0 Å². The minimum Gasteiger partial charge on any atom is -0.370 e.